The summed E-state index contributed by atoms with van der Waals surface area (Å²) in [6.07, 6.45) is 3.60. The van der Waals surface area contributed by atoms with Gasteiger partial charge in [-0.05, 0) is 12.5 Å². The SMILES string of the molecule is CCCCCNc1cc(N)c(C(=O)C(C)C)s1. The van der Waals surface area contributed by atoms with Crippen molar-refractivity contribution in [3.8, 4) is 0 Å². The molecule has 0 aromatic carbocycles. The molecule has 0 aliphatic carbocycles. The van der Waals surface area contributed by atoms with Crippen molar-refractivity contribution in [2.45, 2.75) is 40.0 Å². The highest BCUT2D eigenvalue weighted by atomic mass is 32.1. The molecule has 0 unspecified atom stereocenters. The van der Waals surface area contributed by atoms with Crippen LogP contribution in [0.3, 0.4) is 0 Å². The van der Waals surface area contributed by atoms with Gasteiger partial charge in [-0.25, -0.2) is 0 Å². The lowest BCUT2D eigenvalue weighted by molar-refractivity contribution is 0.0944. The predicted molar refractivity (Wildman–Crippen MR) is 75.9 cm³/mol. The van der Waals surface area contributed by atoms with Crippen LogP contribution in [0.5, 0.6) is 0 Å². The molecule has 1 aromatic heterocycles. The monoisotopic (exact) mass is 254 g/mol. The molecule has 0 radical (unpaired) electrons. The van der Waals surface area contributed by atoms with Crippen LogP contribution >= 0.6 is 11.3 Å². The van der Waals surface area contributed by atoms with Crippen molar-refractivity contribution in [2.75, 3.05) is 17.6 Å². The molecule has 4 heteroatoms. The summed E-state index contributed by atoms with van der Waals surface area (Å²) >= 11 is 1.47. The molecular formula is C13H22N2OS. The number of unbranched alkanes of at least 4 members (excludes halogenated alkanes) is 2. The predicted octanol–water partition coefficient (Wildman–Crippen LogP) is 3.77. The number of hydrogen-bond donors (Lipinski definition) is 2. The fourth-order valence-corrected chi connectivity index (χ4v) is 2.63. The van der Waals surface area contributed by atoms with Crippen LogP contribution in [0.15, 0.2) is 6.07 Å². The molecule has 3 nitrogen and oxygen atoms in total. The molecule has 1 aromatic rings. The number of nitrogen functional groups attached to an aromatic ring is 1. The highest BCUT2D eigenvalue weighted by molar-refractivity contribution is 7.18. The molecule has 0 aliphatic heterocycles. The highest BCUT2D eigenvalue weighted by Gasteiger charge is 2.17. The molecule has 0 saturated heterocycles. The maximum Gasteiger partial charge on any atom is 0.177 e. The second-order valence-electron chi connectivity index (χ2n) is 4.55. The first kappa shape index (κ1) is 14.0. The summed E-state index contributed by atoms with van der Waals surface area (Å²) in [6.45, 7) is 6.93. The number of hydrogen-bond acceptors (Lipinski definition) is 4. The van der Waals surface area contributed by atoms with Crippen molar-refractivity contribution in [1.29, 1.82) is 0 Å². The number of carbonyl (C=O) groups is 1. The van der Waals surface area contributed by atoms with Crippen LogP contribution in [0.4, 0.5) is 10.7 Å². The van der Waals surface area contributed by atoms with E-state index in [4.69, 9.17) is 5.73 Å². The van der Waals surface area contributed by atoms with Crippen molar-refractivity contribution in [3.05, 3.63) is 10.9 Å². The van der Waals surface area contributed by atoms with Gasteiger partial charge in [-0.1, -0.05) is 33.6 Å². The number of anilines is 2. The lowest BCUT2D eigenvalue weighted by atomic mass is 10.1. The first-order chi connectivity index (χ1) is 8.06. The van der Waals surface area contributed by atoms with Crippen LogP contribution in [0, 0.1) is 5.92 Å². The molecule has 0 amide bonds. The number of ketones is 1. The van der Waals surface area contributed by atoms with Gasteiger partial charge in [0.05, 0.1) is 15.6 Å². The molecule has 3 N–H and O–H groups in total. The third kappa shape index (κ3) is 4.04. The minimum absolute atomic E-state index is 0.00360. The second-order valence-corrected chi connectivity index (χ2v) is 5.60. The first-order valence-electron chi connectivity index (χ1n) is 6.23. The van der Waals surface area contributed by atoms with Gasteiger partial charge < -0.3 is 11.1 Å². The Bertz CT molecular complexity index is 371. The molecule has 96 valence electrons. The number of nitrogens with one attached hydrogen (secondary N) is 1. The topological polar surface area (TPSA) is 55.1 Å². The van der Waals surface area contributed by atoms with E-state index in [0.29, 0.717) is 10.6 Å². The Labute approximate surface area is 107 Å². The summed E-state index contributed by atoms with van der Waals surface area (Å²) in [6, 6.07) is 1.87. The average molecular weight is 254 g/mol. The van der Waals surface area contributed by atoms with Gasteiger partial charge in [-0.2, -0.15) is 0 Å². The Kier molecular flexibility index (Phi) is 5.48. The summed E-state index contributed by atoms with van der Waals surface area (Å²) < 4.78 is 0. The fraction of sp³-hybridized carbons (Fsp3) is 0.615. The van der Waals surface area contributed by atoms with Crippen LogP contribution in [-0.2, 0) is 0 Å². The fourth-order valence-electron chi connectivity index (χ4n) is 1.53. The zero-order valence-corrected chi connectivity index (χ0v) is 11.7. The molecule has 1 rings (SSSR count). The van der Waals surface area contributed by atoms with Crippen LogP contribution in [0.25, 0.3) is 0 Å². The van der Waals surface area contributed by atoms with E-state index < -0.39 is 0 Å². The third-order valence-electron chi connectivity index (χ3n) is 2.59. The molecule has 0 saturated carbocycles. The smallest absolute Gasteiger partial charge is 0.177 e. The van der Waals surface area contributed by atoms with Crippen LogP contribution < -0.4 is 11.1 Å². The van der Waals surface area contributed by atoms with Crippen LogP contribution in [-0.4, -0.2) is 12.3 Å². The quantitative estimate of drug-likeness (QED) is 0.575. The van der Waals surface area contributed by atoms with Gasteiger partial charge >= 0.3 is 0 Å². The van der Waals surface area contributed by atoms with Crippen molar-refractivity contribution in [2.24, 2.45) is 5.92 Å². The number of Topliss-reactive ketones (excluding diaryl/α,β-unsaturated/α-hetero) is 1. The van der Waals surface area contributed by atoms with Gasteiger partial charge in [0.1, 0.15) is 0 Å². The largest absolute Gasteiger partial charge is 0.397 e. The first-order valence-corrected chi connectivity index (χ1v) is 7.05. The molecule has 0 atom stereocenters. The number of nitrogens with two attached hydrogens (primary N) is 1. The van der Waals surface area contributed by atoms with E-state index in [1.54, 1.807) is 0 Å². The van der Waals surface area contributed by atoms with Crippen molar-refractivity contribution < 1.29 is 4.79 Å². The number of rotatable bonds is 7. The van der Waals surface area contributed by atoms with E-state index in [0.717, 1.165) is 18.0 Å². The summed E-state index contributed by atoms with van der Waals surface area (Å²) in [5, 5.41) is 4.32. The van der Waals surface area contributed by atoms with Crippen LogP contribution in [0.1, 0.15) is 49.7 Å². The molecule has 0 aliphatic rings. The van der Waals surface area contributed by atoms with Gasteiger partial charge in [-0.3, -0.25) is 4.79 Å². The minimum atomic E-state index is 0.00360. The summed E-state index contributed by atoms with van der Waals surface area (Å²) in [5.74, 6) is 0.137. The van der Waals surface area contributed by atoms with Gasteiger partial charge in [0.2, 0.25) is 0 Å². The molecule has 0 spiro atoms. The molecule has 1 heterocycles. The van der Waals surface area contributed by atoms with Crippen molar-refractivity contribution in [1.82, 2.24) is 0 Å². The number of carbonyl (C=O) groups excluding carboxylic acids is 1. The Morgan fingerprint density at radius 3 is 2.76 bits per heavy atom. The highest BCUT2D eigenvalue weighted by Crippen LogP contribution is 2.31. The summed E-state index contributed by atoms with van der Waals surface area (Å²) in [4.78, 5) is 12.6. The zero-order chi connectivity index (χ0) is 12.8. The van der Waals surface area contributed by atoms with Gasteiger partial charge in [0.25, 0.3) is 0 Å². The molecular weight excluding hydrogens is 232 g/mol. The van der Waals surface area contributed by atoms with Gasteiger partial charge in [0.15, 0.2) is 5.78 Å². The normalized spacial score (nSPS) is 10.8. The second kappa shape index (κ2) is 6.64. The Hall–Kier alpha value is -1.03. The maximum atomic E-state index is 11.9. The lowest BCUT2D eigenvalue weighted by Gasteiger charge is -2.02. The van der Waals surface area contributed by atoms with Crippen LogP contribution in [0.2, 0.25) is 0 Å². The van der Waals surface area contributed by atoms with E-state index in [2.05, 4.69) is 12.2 Å². The summed E-state index contributed by atoms with van der Waals surface area (Å²) in [5.41, 5.74) is 6.46. The van der Waals surface area contributed by atoms with Crippen molar-refractivity contribution in [3.63, 3.8) is 0 Å². The molecule has 17 heavy (non-hydrogen) atoms. The lowest BCUT2D eigenvalue weighted by Crippen LogP contribution is -2.07. The summed E-state index contributed by atoms with van der Waals surface area (Å²) in [7, 11) is 0. The molecule has 0 fully saturated rings. The third-order valence-corrected chi connectivity index (χ3v) is 3.71. The molecule has 0 bridgehead atoms. The van der Waals surface area contributed by atoms with Gasteiger partial charge in [0, 0.05) is 12.5 Å². The maximum absolute atomic E-state index is 11.9. The Morgan fingerprint density at radius 2 is 2.18 bits per heavy atom. The van der Waals surface area contributed by atoms with E-state index >= 15 is 0 Å². The van der Waals surface area contributed by atoms with E-state index in [1.807, 2.05) is 19.9 Å². The minimum Gasteiger partial charge on any atom is -0.397 e. The zero-order valence-electron chi connectivity index (χ0n) is 10.9. The van der Waals surface area contributed by atoms with E-state index in [9.17, 15) is 4.79 Å². The van der Waals surface area contributed by atoms with Gasteiger partial charge in [-0.15, -0.1) is 11.3 Å². The van der Waals surface area contributed by atoms with E-state index in [-0.39, 0.29) is 11.7 Å². The van der Waals surface area contributed by atoms with E-state index in [1.165, 1.54) is 24.2 Å². The number of thiophene rings is 1. The average Bonchev–Trinajstić information content (AvgIpc) is 2.65. The standard InChI is InChI=1S/C13H22N2OS/c1-4-5-6-7-15-11-8-10(14)13(17-11)12(16)9(2)3/h8-9,15H,4-7,14H2,1-3H3. The Morgan fingerprint density at radius 1 is 1.47 bits per heavy atom. The van der Waals surface area contributed by atoms with Crippen molar-refractivity contribution >= 4 is 27.8 Å². The Balaban J connectivity index is 2.59.